The van der Waals surface area contributed by atoms with Crippen molar-refractivity contribution in [1.82, 2.24) is 34.2 Å². The second-order valence-corrected chi connectivity index (χ2v) is 13.3. The summed E-state index contributed by atoms with van der Waals surface area (Å²) < 4.78 is 25.2. The lowest BCUT2D eigenvalue weighted by Crippen LogP contribution is -2.50. The maximum atomic E-state index is 16.1. The summed E-state index contributed by atoms with van der Waals surface area (Å²) in [6.07, 6.45) is 8.07. The van der Waals surface area contributed by atoms with Crippen LogP contribution < -0.4 is 10.2 Å². The summed E-state index contributed by atoms with van der Waals surface area (Å²) >= 11 is 1.32. The molecule has 0 radical (unpaired) electrons. The second kappa shape index (κ2) is 11.8. The first kappa shape index (κ1) is 29.8. The van der Waals surface area contributed by atoms with E-state index in [-0.39, 0.29) is 12.0 Å². The highest BCUT2D eigenvalue weighted by molar-refractivity contribution is 7.13. The summed E-state index contributed by atoms with van der Waals surface area (Å²) in [5.74, 6) is -0.0366. The van der Waals surface area contributed by atoms with E-state index in [0.717, 1.165) is 30.9 Å². The van der Waals surface area contributed by atoms with E-state index in [1.807, 2.05) is 32.9 Å². The molecule has 4 aromatic heterocycles. The highest BCUT2D eigenvalue weighted by Gasteiger charge is 2.32. The topological polar surface area (TPSA) is 123 Å². The molecule has 1 unspecified atom stereocenters. The van der Waals surface area contributed by atoms with Gasteiger partial charge in [0, 0.05) is 73.5 Å². The number of imidazole rings is 1. The Kier molecular flexibility index (Phi) is 7.67. The van der Waals surface area contributed by atoms with E-state index in [1.165, 1.54) is 16.0 Å². The predicted octanol–water partition coefficient (Wildman–Crippen LogP) is 5.12. The van der Waals surface area contributed by atoms with Crippen LogP contribution in [0.2, 0.25) is 0 Å². The summed E-state index contributed by atoms with van der Waals surface area (Å²) in [5, 5.41) is 10.1. The lowest BCUT2D eigenvalue weighted by atomic mass is 10.0. The number of aromatic nitrogens is 6. The van der Waals surface area contributed by atoms with Gasteiger partial charge in [0.25, 0.3) is 5.91 Å². The molecule has 1 fully saturated rings. The van der Waals surface area contributed by atoms with Crippen LogP contribution in [-0.4, -0.2) is 78.0 Å². The van der Waals surface area contributed by atoms with Gasteiger partial charge in [0.1, 0.15) is 17.2 Å². The summed E-state index contributed by atoms with van der Waals surface area (Å²) in [6, 6.07) is 6.25. The minimum Gasteiger partial charge on any atom is -0.444 e. The molecule has 1 saturated heterocycles. The van der Waals surface area contributed by atoms with Gasteiger partial charge in [0.05, 0.1) is 22.9 Å². The zero-order valence-electron chi connectivity index (χ0n) is 25.8. The number of pyridine rings is 1. The Bertz CT molecular complexity index is 1890. The molecular formula is C32H34FN9O3S. The number of nitrogens with zero attached hydrogens (tertiary/aromatic N) is 8. The first-order valence-corrected chi connectivity index (χ1v) is 16.1. The molecule has 46 heavy (non-hydrogen) atoms. The van der Waals surface area contributed by atoms with E-state index in [0.29, 0.717) is 59.0 Å². The SMILES string of the molecule is CC(C)(C)OC(=O)N1CCN(c2ccc(-c3ccc4nn(C(C(=O)Nc5nccs5)c5ncn6c5CCC6)cc4c3F)cn2)CC1. The van der Waals surface area contributed by atoms with Gasteiger partial charge in [-0.2, -0.15) is 5.10 Å². The van der Waals surface area contributed by atoms with Crippen LogP contribution in [0.3, 0.4) is 0 Å². The predicted molar refractivity (Wildman–Crippen MR) is 172 cm³/mol. The lowest BCUT2D eigenvalue weighted by molar-refractivity contribution is -0.118. The lowest BCUT2D eigenvalue weighted by Gasteiger charge is -2.36. The molecule has 0 bridgehead atoms. The van der Waals surface area contributed by atoms with Crippen molar-refractivity contribution in [2.75, 3.05) is 36.4 Å². The van der Waals surface area contributed by atoms with Gasteiger partial charge in [-0.25, -0.2) is 24.1 Å². The Labute approximate surface area is 268 Å². The highest BCUT2D eigenvalue weighted by atomic mass is 32.1. The van der Waals surface area contributed by atoms with E-state index in [4.69, 9.17) is 4.74 Å². The highest BCUT2D eigenvalue weighted by Crippen LogP contribution is 2.33. The fraction of sp³-hybridized carbons (Fsp3) is 0.375. The smallest absolute Gasteiger partial charge is 0.410 e. The molecule has 1 atom stereocenters. The molecule has 1 aromatic carbocycles. The summed E-state index contributed by atoms with van der Waals surface area (Å²) in [4.78, 5) is 43.3. The average Bonchev–Trinajstić information content (AvgIpc) is 3.84. The minimum atomic E-state index is -0.898. The minimum absolute atomic E-state index is 0.294. The van der Waals surface area contributed by atoms with E-state index < -0.39 is 17.5 Å². The van der Waals surface area contributed by atoms with Gasteiger partial charge in [-0.3, -0.25) is 14.8 Å². The number of aryl methyl sites for hydroxylation is 1. The fourth-order valence-corrected chi connectivity index (χ4v) is 6.50. The van der Waals surface area contributed by atoms with Crippen molar-refractivity contribution in [2.24, 2.45) is 0 Å². The van der Waals surface area contributed by atoms with Crippen molar-refractivity contribution in [3.8, 4) is 11.1 Å². The molecule has 12 nitrogen and oxygen atoms in total. The Morgan fingerprint density at radius 1 is 1.04 bits per heavy atom. The Hall–Kier alpha value is -4.85. The van der Waals surface area contributed by atoms with Gasteiger partial charge in [-0.05, 0) is 57.9 Å². The van der Waals surface area contributed by atoms with Crippen LogP contribution in [0, 0.1) is 5.82 Å². The number of hydrogen-bond donors (Lipinski definition) is 1. The standard InChI is InChI=1S/C32H34FN9O3S/c1-32(2,3)45-31(44)40-14-12-39(13-15-40)25-9-6-20(17-35-25)21-7-8-23-22(26(21)33)18-42(38-23)28(29(43)37-30-34-10-16-46-30)27-24-5-4-11-41(24)19-36-27/h6-10,16-19,28H,4-5,11-15H2,1-3H3,(H,34,37,43). The van der Waals surface area contributed by atoms with Gasteiger partial charge >= 0.3 is 6.09 Å². The third-order valence-electron chi connectivity index (χ3n) is 8.18. The van der Waals surface area contributed by atoms with Crippen LogP contribution in [0.25, 0.3) is 22.0 Å². The number of ether oxygens (including phenoxy) is 1. The molecule has 14 heteroatoms. The van der Waals surface area contributed by atoms with Crippen LogP contribution >= 0.6 is 11.3 Å². The number of rotatable bonds is 6. The van der Waals surface area contributed by atoms with Crippen molar-refractivity contribution < 1.29 is 18.7 Å². The Morgan fingerprint density at radius 2 is 1.87 bits per heavy atom. The molecule has 1 N–H and O–H groups in total. The Morgan fingerprint density at radius 3 is 2.59 bits per heavy atom. The molecule has 2 aliphatic rings. The maximum absolute atomic E-state index is 16.1. The molecule has 2 aliphatic heterocycles. The number of thiazole rings is 1. The number of nitrogens with one attached hydrogen (secondary N) is 1. The number of halogens is 1. The normalized spacial score (nSPS) is 15.7. The van der Waals surface area contributed by atoms with Gasteiger partial charge in [0.2, 0.25) is 0 Å². The Balaban J connectivity index is 1.12. The summed E-state index contributed by atoms with van der Waals surface area (Å²) in [5.41, 5.74) is 2.47. The van der Waals surface area contributed by atoms with Crippen molar-refractivity contribution >= 4 is 45.2 Å². The number of amides is 2. The third-order valence-corrected chi connectivity index (χ3v) is 8.87. The van der Waals surface area contributed by atoms with Gasteiger partial charge in [-0.15, -0.1) is 11.3 Å². The first-order valence-electron chi connectivity index (χ1n) is 15.3. The van der Waals surface area contributed by atoms with Gasteiger partial charge < -0.3 is 19.1 Å². The zero-order valence-corrected chi connectivity index (χ0v) is 26.6. The van der Waals surface area contributed by atoms with Crippen LogP contribution in [0.5, 0.6) is 0 Å². The summed E-state index contributed by atoms with van der Waals surface area (Å²) in [7, 11) is 0. The first-order chi connectivity index (χ1) is 22.1. The molecule has 0 spiro atoms. The van der Waals surface area contributed by atoms with Gasteiger partial charge in [0.15, 0.2) is 11.2 Å². The van der Waals surface area contributed by atoms with E-state index in [9.17, 15) is 9.59 Å². The largest absolute Gasteiger partial charge is 0.444 e. The third kappa shape index (κ3) is 5.80. The molecule has 0 saturated carbocycles. The van der Waals surface area contributed by atoms with E-state index in [2.05, 4.69) is 34.8 Å². The number of hydrogen-bond acceptors (Lipinski definition) is 9. The molecule has 2 amide bonds. The molecule has 6 heterocycles. The number of carbonyl (C=O) groups excluding carboxylic acids is 2. The molecule has 238 valence electrons. The van der Waals surface area contributed by atoms with Crippen molar-refractivity contribution in [1.29, 1.82) is 0 Å². The number of fused-ring (bicyclic) bond motifs is 2. The zero-order chi connectivity index (χ0) is 32.0. The number of anilines is 2. The van der Waals surface area contributed by atoms with Crippen molar-refractivity contribution in [2.45, 2.75) is 51.8 Å². The van der Waals surface area contributed by atoms with Crippen molar-refractivity contribution in [3.05, 3.63) is 71.8 Å². The quantitative estimate of drug-likeness (QED) is 0.271. The second-order valence-electron chi connectivity index (χ2n) is 12.4. The molecular weight excluding hydrogens is 609 g/mol. The molecule has 7 rings (SSSR count). The number of carbonyl (C=O) groups is 2. The van der Waals surface area contributed by atoms with E-state index >= 15 is 4.39 Å². The van der Waals surface area contributed by atoms with Crippen LogP contribution in [0.15, 0.2) is 54.6 Å². The average molecular weight is 644 g/mol. The van der Waals surface area contributed by atoms with Crippen LogP contribution in [0.1, 0.15) is 44.6 Å². The maximum Gasteiger partial charge on any atom is 0.410 e. The van der Waals surface area contributed by atoms with Crippen LogP contribution in [-0.2, 0) is 22.5 Å². The number of benzene rings is 1. The van der Waals surface area contributed by atoms with Gasteiger partial charge in [-0.1, -0.05) is 0 Å². The fourth-order valence-electron chi connectivity index (χ4n) is 5.97. The molecule has 0 aliphatic carbocycles. The van der Waals surface area contributed by atoms with Crippen LogP contribution in [0.4, 0.5) is 20.1 Å². The summed E-state index contributed by atoms with van der Waals surface area (Å²) in [6.45, 7) is 8.68. The van der Waals surface area contributed by atoms with E-state index in [1.54, 1.807) is 47.3 Å². The number of piperazine rings is 1. The molecule has 5 aromatic rings. The monoisotopic (exact) mass is 643 g/mol. The van der Waals surface area contributed by atoms with Crippen molar-refractivity contribution in [3.63, 3.8) is 0 Å².